The molecule has 3 heteroatoms. The van der Waals surface area contributed by atoms with Gasteiger partial charge in [0.05, 0.1) is 11.5 Å². The molecule has 0 aromatic heterocycles. The number of hydrogen-bond donors (Lipinski definition) is 2. The van der Waals surface area contributed by atoms with Gasteiger partial charge >= 0.3 is 5.97 Å². The zero-order valence-corrected chi connectivity index (χ0v) is 12.2. The molecule has 0 aliphatic heterocycles. The quantitative estimate of drug-likeness (QED) is 0.828. The molecule has 0 amide bonds. The van der Waals surface area contributed by atoms with Gasteiger partial charge in [-0.3, -0.25) is 4.79 Å². The molecular formula is C16H24O3. The zero-order chi connectivity index (χ0) is 14.6. The smallest absolute Gasteiger partial charge is 0.311 e. The lowest BCUT2D eigenvalue weighted by atomic mass is 9.82. The minimum Gasteiger partial charge on any atom is -0.481 e. The molecule has 1 aromatic carbocycles. The first-order valence-corrected chi connectivity index (χ1v) is 6.73. The van der Waals surface area contributed by atoms with Gasteiger partial charge in [-0.1, -0.05) is 36.8 Å². The minimum atomic E-state index is -1.09. The molecule has 0 saturated carbocycles. The second-order valence-corrected chi connectivity index (χ2v) is 5.93. The van der Waals surface area contributed by atoms with Crippen molar-refractivity contribution < 1.29 is 15.0 Å². The van der Waals surface area contributed by atoms with Crippen molar-refractivity contribution in [2.45, 2.75) is 52.6 Å². The Hall–Kier alpha value is -1.35. The summed E-state index contributed by atoms with van der Waals surface area (Å²) >= 11 is 0. The summed E-state index contributed by atoms with van der Waals surface area (Å²) in [6, 6.07) is 8.33. The molecule has 0 spiro atoms. The summed E-state index contributed by atoms with van der Waals surface area (Å²) in [6.07, 6.45) is 0.452. The molecule has 2 atom stereocenters. The molecule has 2 N–H and O–H groups in total. The van der Waals surface area contributed by atoms with Crippen LogP contribution in [0, 0.1) is 12.3 Å². The van der Waals surface area contributed by atoms with Gasteiger partial charge in [0.2, 0.25) is 0 Å². The minimum absolute atomic E-state index is 0.319. The van der Waals surface area contributed by atoms with E-state index < -0.39 is 17.5 Å². The van der Waals surface area contributed by atoms with E-state index in [1.54, 1.807) is 13.8 Å². The number of carboxylic acids is 1. The third-order valence-corrected chi connectivity index (χ3v) is 3.90. The SMILES string of the molecule is Cc1ccc(C(C)CCC(O)C(C)(C)C(=O)O)cc1. The zero-order valence-electron chi connectivity index (χ0n) is 12.2. The van der Waals surface area contributed by atoms with Crippen LogP contribution in [0.1, 0.15) is 50.7 Å². The fraction of sp³-hybridized carbons (Fsp3) is 0.562. The summed E-state index contributed by atoms with van der Waals surface area (Å²) < 4.78 is 0. The Morgan fingerprint density at radius 1 is 1.21 bits per heavy atom. The first kappa shape index (κ1) is 15.7. The van der Waals surface area contributed by atoms with Crippen molar-refractivity contribution in [1.82, 2.24) is 0 Å². The molecular weight excluding hydrogens is 240 g/mol. The summed E-state index contributed by atoms with van der Waals surface area (Å²) in [6.45, 7) is 7.28. The molecule has 1 rings (SSSR count). The molecule has 0 aliphatic carbocycles. The predicted molar refractivity (Wildman–Crippen MR) is 76.3 cm³/mol. The average molecular weight is 264 g/mol. The fourth-order valence-electron chi connectivity index (χ4n) is 1.97. The van der Waals surface area contributed by atoms with Crippen LogP contribution < -0.4 is 0 Å². The Balaban J connectivity index is 2.57. The number of carbonyl (C=O) groups is 1. The highest BCUT2D eigenvalue weighted by atomic mass is 16.4. The molecule has 3 nitrogen and oxygen atoms in total. The number of aliphatic hydroxyl groups is 1. The van der Waals surface area contributed by atoms with Gasteiger partial charge in [-0.25, -0.2) is 0 Å². The summed E-state index contributed by atoms with van der Waals surface area (Å²) in [5.74, 6) is -0.636. The Bertz CT molecular complexity index is 420. The second kappa shape index (κ2) is 6.20. The van der Waals surface area contributed by atoms with Crippen LogP contribution in [0.15, 0.2) is 24.3 Å². The number of aryl methyl sites for hydroxylation is 1. The van der Waals surface area contributed by atoms with Crippen molar-refractivity contribution in [2.75, 3.05) is 0 Å². The summed E-state index contributed by atoms with van der Waals surface area (Å²) in [5, 5.41) is 19.1. The highest BCUT2D eigenvalue weighted by molar-refractivity contribution is 5.74. The van der Waals surface area contributed by atoms with Gasteiger partial charge in [-0.15, -0.1) is 0 Å². The Morgan fingerprint density at radius 2 is 1.74 bits per heavy atom. The molecule has 0 bridgehead atoms. The van der Waals surface area contributed by atoms with Gasteiger partial charge in [-0.2, -0.15) is 0 Å². The topological polar surface area (TPSA) is 57.5 Å². The molecule has 0 fully saturated rings. The van der Waals surface area contributed by atoms with Crippen LogP contribution in [0.3, 0.4) is 0 Å². The van der Waals surface area contributed by atoms with Crippen LogP contribution >= 0.6 is 0 Å². The van der Waals surface area contributed by atoms with Crippen LogP contribution in [-0.4, -0.2) is 22.3 Å². The van der Waals surface area contributed by atoms with Crippen LogP contribution in [0.2, 0.25) is 0 Å². The molecule has 0 saturated heterocycles. The maximum Gasteiger partial charge on any atom is 0.311 e. The Kier molecular flexibility index (Phi) is 5.12. The van der Waals surface area contributed by atoms with Crippen molar-refractivity contribution in [2.24, 2.45) is 5.41 Å². The van der Waals surface area contributed by atoms with Gasteiger partial charge in [0.1, 0.15) is 0 Å². The summed E-state index contributed by atoms with van der Waals surface area (Å²) in [7, 11) is 0. The second-order valence-electron chi connectivity index (χ2n) is 5.93. The number of benzene rings is 1. The van der Waals surface area contributed by atoms with Gasteiger partial charge in [0, 0.05) is 0 Å². The van der Waals surface area contributed by atoms with Gasteiger partial charge in [-0.05, 0) is 45.1 Å². The standard InChI is InChI=1S/C16H24O3/c1-11-5-8-13(9-6-11)12(2)7-10-14(17)16(3,4)15(18)19/h5-6,8-9,12,14,17H,7,10H2,1-4H3,(H,18,19). The number of hydrogen-bond acceptors (Lipinski definition) is 2. The van der Waals surface area contributed by atoms with Crippen LogP contribution in [-0.2, 0) is 4.79 Å². The summed E-state index contributed by atoms with van der Waals surface area (Å²) in [4.78, 5) is 11.1. The lowest BCUT2D eigenvalue weighted by Crippen LogP contribution is -2.37. The Morgan fingerprint density at radius 3 is 2.21 bits per heavy atom. The lowest BCUT2D eigenvalue weighted by molar-refractivity contribution is -0.153. The highest BCUT2D eigenvalue weighted by Gasteiger charge is 2.35. The van der Waals surface area contributed by atoms with Crippen LogP contribution in [0.4, 0.5) is 0 Å². The number of aliphatic hydroxyl groups excluding tert-OH is 1. The number of carboxylic acid groups (broad SMARTS) is 1. The predicted octanol–water partition coefficient (Wildman–Crippen LogP) is 3.35. The van der Waals surface area contributed by atoms with Crippen molar-refractivity contribution in [3.8, 4) is 0 Å². The van der Waals surface area contributed by atoms with E-state index in [2.05, 4.69) is 31.2 Å². The van der Waals surface area contributed by atoms with E-state index >= 15 is 0 Å². The molecule has 0 radical (unpaired) electrons. The molecule has 0 heterocycles. The van der Waals surface area contributed by atoms with Crippen molar-refractivity contribution in [1.29, 1.82) is 0 Å². The van der Waals surface area contributed by atoms with E-state index in [-0.39, 0.29) is 0 Å². The fourth-order valence-corrected chi connectivity index (χ4v) is 1.97. The molecule has 106 valence electrons. The van der Waals surface area contributed by atoms with E-state index in [0.29, 0.717) is 12.3 Å². The highest BCUT2D eigenvalue weighted by Crippen LogP contribution is 2.28. The first-order chi connectivity index (χ1) is 8.75. The van der Waals surface area contributed by atoms with E-state index in [9.17, 15) is 9.90 Å². The van der Waals surface area contributed by atoms with Crippen molar-refractivity contribution in [3.63, 3.8) is 0 Å². The van der Waals surface area contributed by atoms with Crippen molar-refractivity contribution in [3.05, 3.63) is 35.4 Å². The maximum atomic E-state index is 11.1. The normalized spacial score (nSPS) is 15.0. The van der Waals surface area contributed by atoms with E-state index in [1.165, 1.54) is 11.1 Å². The maximum absolute atomic E-state index is 11.1. The number of rotatable bonds is 6. The largest absolute Gasteiger partial charge is 0.481 e. The number of aliphatic carboxylic acids is 1. The monoisotopic (exact) mass is 264 g/mol. The lowest BCUT2D eigenvalue weighted by Gasteiger charge is -2.26. The Labute approximate surface area is 115 Å². The van der Waals surface area contributed by atoms with Crippen molar-refractivity contribution >= 4 is 5.97 Å². The third kappa shape index (κ3) is 4.06. The molecule has 19 heavy (non-hydrogen) atoms. The van der Waals surface area contributed by atoms with Crippen LogP contribution in [0.5, 0.6) is 0 Å². The first-order valence-electron chi connectivity index (χ1n) is 6.73. The molecule has 1 aromatic rings. The average Bonchev–Trinajstić information content (AvgIpc) is 2.36. The van der Waals surface area contributed by atoms with Gasteiger partial charge in [0.25, 0.3) is 0 Å². The van der Waals surface area contributed by atoms with E-state index in [1.807, 2.05) is 6.92 Å². The third-order valence-electron chi connectivity index (χ3n) is 3.90. The van der Waals surface area contributed by atoms with Gasteiger partial charge < -0.3 is 10.2 Å². The van der Waals surface area contributed by atoms with E-state index in [0.717, 1.165) is 6.42 Å². The van der Waals surface area contributed by atoms with E-state index in [4.69, 9.17) is 5.11 Å². The van der Waals surface area contributed by atoms with Crippen LogP contribution in [0.25, 0.3) is 0 Å². The van der Waals surface area contributed by atoms with Gasteiger partial charge in [0.15, 0.2) is 0 Å². The molecule has 0 aliphatic rings. The summed E-state index contributed by atoms with van der Waals surface area (Å²) in [5.41, 5.74) is 1.36. The molecule has 2 unspecified atom stereocenters.